The van der Waals surface area contributed by atoms with E-state index in [1.165, 1.54) is 0 Å². The topological polar surface area (TPSA) is 38.8 Å². The highest BCUT2D eigenvalue weighted by Crippen LogP contribution is 2.28. The third kappa shape index (κ3) is 3.51. The molecule has 0 radical (unpaired) electrons. The van der Waals surface area contributed by atoms with Crippen molar-refractivity contribution < 1.29 is 14.3 Å². The van der Waals surface area contributed by atoms with Crippen LogP contribution in [0, 0.1) is 0 Å². The first-order valence-corrected chi connectivity index (χ1v) is 5.93. The van der Waals surface area contributed by atoms with Gasteiger partial charge in [0.25, 0.3) is 0 Å². The smallest absolute Gasteiger partial charge is 0.333 e. The normalized spacial score (nSPS) is 22.4. The fourth-order valence-electron chi connectivity index (χ4n) is 1.81. The quantitative estimate of drug-likeness (QED) is 0.527. The highest BCUT2D eigenvalue weighted by atomic mass is 16.5. The van der Waals surface area contributed by atoms with Gasteiger partial charge in [0.15, 0.2) is 5.72 Å². The predicted octanol–water partition coefficient (Wildman–Crippen LogP) is 2.43. The van der Waals surface area contributed by atoms with Crippen molar-refractivity contribution in [3.05, 3.63) is 24.6 Å². The summed E-state index contributed by atoms with van der Waals surface area (Å²) in [6.45, 7) is 10.3. The SMILES string of the molecule is C=C(C)C(=O)OCCN1C=COC1(C)CCC. The fourth-order valence-corrected chi connectivity index (χ4v) is 1.81. The maximum atomic E-state index is 11.2. The number of esters is 1. The third-order valence-corrected chi connectivity index (χ3v) is 2.80. The first kappa shape index (κ1) is 13.6. The summed E-state index contributed by atoms with van der Waals surface area (Å²) in [4.78, 5) is 13.3. The average Bonchev–Trinajstić information content (AvgIpc) is 2.60. The second-order valence-electron chi connectivity index (χ2n) is 4.44. The van der Waals surface area contributed by atoms with Crippen LogP contribution in [0.25, 0.3) is 0 Å². The number of hydrogen-bond acceptors (Lipinski definition) is 4. The summed E-state index contributed by atoms with van der Waals surface area (Å²) >= 11 is 0. The largest absolute Gasteiger partial charge is 0.474 e. The second-order valence-corrected chi connectivity index (χ2v) is 4.44. The van der Waals surface area contributed by atoms with Gasteiger partial charge in [-0.25, -0.2) is 4.79 Å². The summed E-state index contributed by atoms with van der Waals surface area (Å²) in [7, 11) is 0. The van der Waals surface area contributed by atoms with Crippen molar-refractivity contribution in [3.63, 3.8) is 0 Å². The van der Waals surface area contributed by atoms with Crippen LogP contribution in [0.1, 0.15) is 33.6 Å². The lowest BCUT2D eigenvalue weighted by Gasteiger charge is -2.34. The van der Waals surface area contributed by atoms with E-state index in [1.54, 1.807) is 13.2 Å². The van der Waals surface area contributed by atoms with Gasteiger partial charge in [0.2, 0.25) is 0 Å². The molecule has 0 aromatic heterocycles. The van der Waals surface area contributed by atoms with E-state index in [0.717, 1.165) is 12.8 Å². The highest BCUT2D eigenvalue weighted by molar-refractivity contribution is 5.86. The Labute approximate surface area is 103 Å². The van der Waals surface area contributed by atoms with Gasteiger partial charge in [-0.3, -0.25) is 0 Å². The zero-order valence-electron chi connectivity index (χ0n) is 10.9. The molecule has 0 bridgehead atoms. The summed E-state index contributed by atoms with van der Waals surface area (Å²) in [5.74, 6) is -0.341. The van der Waals surface area contributed by atoms with Crippen LogP contribution in [0.15, 0.2) is 24.6 Å². The molecule has 0 saturated carbocycles. The molecule has 1 heterocycles. The first-order valence-electron chi connectivity index (χ1n) is 5.93. The molecule has 0 spiro atoms. The van der Waals surface area contributed by atoms with Crippen LogP contribution in [0.4, 0.5) is 0 Å². The second kappa shape index (κ2) is 5.75. The minimum atomic E-state index is -0.341. The summed E-state index contributed by atoms with van der Waals surface area (Å²) in [5, 5.41) is 0. The molecular weight excluding hydrogens is 218 g/mol. The lowest BCUT2D eigenvalue weighted by Crippen LogP contribution is -2.42. The number of hydrogen-bond donors (Lipinski definition) is 0. The van der Waals surface area contributed by atoms with Crippen LogP contribution in [-0.2, 0) is 14.3 Å². The number of carbonyl (C=O) groups excluding carboxylic acids is 1. The predicted molar refractivity (Wildman–Crippen MR) is 66.0 cm³/mol. The minimum absolute atomic E-state index is 0.301. The molecule has 0 amide bonds. The molecule has 4 nitrogen and oxygen atoms in total. The molecule has 1 atom stereocenters. The average molecular weight is 239 g/mol. The van der Waals surface area contributed by atoms with Crippen LogP contribution in [-0.4, -0.2) is 29.7 Å². The summed E-state index contributed by atoms with van der Waals surface area (Å²) in [6.07, 6.45) is 5.56. The molecule has 0 aliphatic carbocycles. The Morgan fingerprint density at radius 2 is 2.29 bits per heavy atom. The van der Waals surface area contributed by atoms with E-state index < -0.39 is 0 Å². The Kier molecular flexibility index (Phi) is 4.61. The summed E-state index contributed by atoms with van der Waals surface area (Å²) in [5.41, 5.74) is 0.124. The number of carbonyl (C=O) groups is 1. The minimum Gasteiger partial charge on any atom is -0.474 e. The van der Waals surface area contributed by atoms with E-state index in [2.05, 4.69) is 18.4 Å². The van der Waals surface area contributed by atoms with Crippen molar-refractivity contribution in [3.8, 4) is 0 Å². The molecule has 4 heteroatoms. The van der Waals surface area contributed by atoms with Gasteiger partial charge >= 0.3 is 5.97 Å². The molecule has 17 heavy (non-hydrogen) atoms. The van der Waals surface area contributed by atoms with Gasteiger partial charge in [0, 0.05) is 18.2 Å². The van der Waals surface area contributed by atoms with Crippen LogP contribution >= 0.6 is 0 Å². The zero-order chi connectivity index (χ0) is 12.9. The van der Waals surface area contributed by atoms with E-state index in [4.69, 9.17) is 9.47 Å². The maximum absolute atomic E-state index is 11.2. The first-order chi connectivity index (χ1) is 7.99. The van der Waals surface area contributed by atoms with Gasteiger partial charge in [-0.2, -0.15) is 0 Å². The third-order valence-electron chi connectivity index (χ3n) is 2.80. The van der Waals surface area contributed by atoms with Crippen LogP contribution < -0.4 is 0 Å². The Bertz CT molecular complexity index is 325. The van der Waals surface area contributed by atoms with Crippen molar-refractivity contribution in [2.24, 2.45) is 0 Å². The van der Waals surface area contributed by atoms with Crippen LogP contribution in [0.5, 0.6) is 0 Å². The van der Waals surface area contributed by atoms with E-state index in [0.29, 0.717) is 18.7 Å². The number of rotatable bonds is 6. The Hall–Kier alpha value is -1.45. The summed E-state index contributed by atoms with van der Waals surface area (Å²) in [6, 6.07) is 0. The summed E-state index contributed by atoms with van der Waals surface area (Å²) < 4.78 is 10.7. The van der Waals surface area contributed by atoms with Crippen molar-refractivity contribution >= 4 is 5.97 Å². The zero-order valence-corrected chi connectivity index (χ0v) is 10.9. The van der Waals surface area contributed by atoms with Gasteiger partial charge in [-0.05, 0) is 13.8 Å². The molecule has 1 rings (SSSR count). The molecular formula is C13H21NO3. The maximum Gasteiger partial charge on any atom is 0.333 e. The van der Waals surface area contributed by atoms with Gasteiger partial charge in [0.1, 0.15) is 12.9 Å². The van der Waals surface area contributed by atoms with Crippen LogP contribution in [0.2, 0.25) is 0 Å². The van der Waals surface area contributed by atoms with Crippen molar-refractivity contribution in [2.75, 3.05) is 13.2 Å². The lowest BCUT2D eigenvalue weighted by atomic mass is 10.1. The highest BCUT2D eigenvalue weighted by Gasteiger charge is 2.33. The van der Waals surface area contributed by atoms with Gasteiger partial charge in [0.05, 0.1) is 6.54 Å². The Balaban J connectivity index is 2.38. The van der Waals surface area contributed by atoms with Gasteiger partial charge in [-0.1, -0.05) is 19.9 Å². The van der Waals surface area contributed by atoms with Crippen LogP contribution in [0.3, 0.4) is 0 Å². The Morgan fingerprint density at radius 1 is 1.59 bits per heavy atom. The molecule has 1 aliphatic heterocycles. The van der Waals surface area contributed by atoms with Crippen molar-refractivity contribution in [1.82, 2.24) is 4.90 Å². The molecule has 1 unspecified atom stereocenters. The van der Waals surface area contributed by atoms with E-state index >= 15 is 0 Å². The van der Waals surface area contributed by atoms with Gasteiger partial charge in [-0.15, -0.1) is 0 Å². The standard InChI is InChI=1S/C13H21NO3/c1-5-6-13(4)14(8-10-17-13)7-9-16-12(15)11(2)3/h8,10H,2,5-7,9H2,1,3-4H3. The molecule has 0 fully saturated rings. The lowest BCUT2D eigenvalue weighted by molar-refractivity contribution is -0.140. The van der Waals surface area contributed by atoms with E-state index in [1.807, 2.05) is 13.1 Å². The van der Waals surface area contributed by atoms with Crippen molar-refractivity contribution in [1.29, 1.82) is 0 Å². The molecule has 0 aromatic carbocycles. The molecule has 0 N–H and O–H groups in total. The monoisotopic (exact) mass is 239 g/mol. The molecule has 1 aliphatic rings. The van der Waals surface area contributed by atoms with Crippen molar-refractivity contribution in [2.45, 2.75) is 39.3 Å². The fraction of sp³-hybridized carbons (Fsp3) is 0.615. The Morgan fingerprint density at radius 3 is 2.88 bits per heavy atom. The van der Waals surface area contributed by atoms with E-state index in [-0.39, 0.29) is 11.7 Å². The van der Waals surface area contributed by atoms with Gasteiger partial charge < -0.3 is 14.4 Å². The molecule has 0 saturated heterocycles. The molecule has 96 valence electrons. The number of nitrogens with zero attached hydrogens (tertiary/aromatic N) is 1. The van der Waals surface area contributed by atoms with E-state index in [9.17, 15) is 4.79 Å². The number of ether oxygens (including phenoxy) is 2. The molecule has 0 aromatic rings.